The Morgan fingerprint density at radius 1 is 1.00 bits per heavy atom. The van der Waals surface area contributed by atoms with Crippen LogP contribution in [0.15, 0.2) is 35.1 Å². The van der Waals surface area contributed by atoms with Gasteiger partial charge >= 0.3 is 0 Å². The number of nitrogens with one attached hydrogen (secondary N) is 1. The van der Waals surface area contributed by atoms with Gasteiger partial charge in [0.05, 0.1) is 6.61 Å². The summed E-state index contributed by atoms with van der Waals surface area (Å²) in [6, 6.07) is 8.21. The number of fused-ring (bicyclic) bond motifs is 1. The van der Waals surface area contributed by atoms with Crippen molar-refractivity contribution in [1.29, 1.82) is 0 Å². The van der Waals surface area contributed by atoms with E-state index in [1.807, 2.05) is 12.1 Å². The molecule has 0 atom stereocenters. The maximum absolute atomic E-state index is 12.7. The Labute approximate surface area is 149 Å². The van der Waals surface area contributed by atoms with Gasteiger partial charge in [-0.15, -0.1) is 0 Å². The van der Waals surface area contributed by atoms with Crippen LogP contribution in [-0.2, 0) is 6.42 Å². The SMILES string of the molecule is O=C(c1ccc2c(c1)CCO2)N1CCN(C(=O)c2ccc(=O)[nH]n2)CC1. The molecule has 2 amide bonds. The summed E-state index contributed by atoms with van der Waals surface area (Å²) in [6.07, 6.45) is 0.824. The van der Waals surface area contributed by atoms with Crippen molar-refractivity contribution in [1.82, 2.24) is 20.0 Å². The number of ether oxygens (including phenoxy) is 1. The lowest BCUT2D eigenvalue weighted by molar-refractivity contribution is 0.0531. The van der Waals surface area contributed by atoms with Gasteiger partial charge in [-0.1, -0.05) is 0 Å². The number of nitrogens with zero attached hydrogens (tertiary/aromatic N) is 3. The average molecular weight is 354 g/mol. The van der Waals surface area contributed by atoms with Crippen molar-refractivity contribution in [3.05, 3.63) is 57.5 Å². The molecule has 0 spiro atoms. The molecule has 26 heavy (non-hydrogen) atoms. The van der Waals surface area contributed by atoms with E-state index in [0.29, 0.717) is 38.3 Å². The molecule has 0 saturated carbocycles. The van der Waals surface area contributed by atoms with Crippen LogP contribution in [0.2, 0.25) is 0 Å². The number of hydrogen-bond acceptors (Lipinski definition) is 5. The molecular weight excluding hydrogens is 336 g/mol. The largest absolute Gasteiger partial charge is 0.493 e. The van der Waals surface area contributed by atoms with Crippen molar-refractivity contribution in [2.75, 3.05) is 32.8 Å². The Morgan fingerprint density at radius 2 is 1.73 bits per heavy atom. The monoisotopic (exact) mass is 354 g/mol. The van der Waals surface area contributed by atoms with E-state index in [1.54, 1.807) is 15.9 Å². The van der Waals surface area contributed by atoms with E-state index in [2.05, 4.69) is 10.2 Å². The van der Waals surface area contributed by atoms with Crippen molar-refractivity contribution >= 4 is 11.8 Å². The summed E-state index contributed by atoms with van der Waals surface area (Å²) in [6.45, 7) is 2.44. The van der Waals surface area contributed by atoms with E-state index in [0.717, 1.165) is 17.7 Å². The van der Waals surface area contributed by atoms with Crippen LogP contribution in [0.4, 0.5) is 0 Å². The Morgan fingerprint density at radius 3 is 2.42 bits per heavy atom. The molecule has 1 aromatic carbocycles. The minimum atomic E-state index is -0.350. The van der Waals surface area contributed by atoms with Crippen molar-refractivity contribution in [2.45, 2.75) is 6.42 Å². The number of hydrogen-bond donors (Lipinski definition) is 1. The van der Waals surface area contributed by atoms with Gasteiger partial charge < -0.3 is 14.5 Å². The minimum absolute atomic E-state index is 0.0334. The smallest absolute Gasteiger partial charge is 0.274 e. The highest BCUT2D eigenvalue weighted by atomic mass is 16.5. The molecule has 8 nitrogen and oxygen atoms in total. The van der Waals surface area contributed by atoms with Crippen LogP contribution in [0.3, 0.4) is 0 Å². The van der Waals surface area contributed by atoms with Gasteiger partial charge in [-0.2, -0.15) is 5.10 Å². The van der Waals surface area contributed by atoms with E-state index >= 15 is 0 Å². The molecule has 1 fully saturated rings. The predicted molar refractivity (Wildman–Crippen MR) is 92.3 cm³/mol. The topological polar surface area (TPSA) is 95.6 Å². The van der Waals surface area contributed by atoms with Crippen molar-refractivity contribution in [3.8, 4) is 5.75 Å². The van der Waals surface area contributed by atoms with Crippen LogP contribution in [0.5, 0.6) is 5.75 Å². The summed E-state index contributed by atoms with van der Waals surface area (Å²) in [5, 5.41) is 6.03. The van der Waals surface area contributed by atoms with E-state index in [1.165, 1.54) is 12.1 Å². The number of rotatable bonds is 2. The van der Waals surface area contributed by atoms with Gasteiger partial charge in [0.1, 0.15) is 11.4 Å². The lowest BCUT2D eigenvalue weighted by atomic mass is 10.1. The van der Waals surface area contributed by atoms with Crippen molar-refractivity contribution in [2.24, 2.45) is 0 Å². The summed E-state index contributed by atoms with van der Waals surface area (Å²) in [5.41, 5.74) is 1.56. The lowest BCUT2D eigenvalue weighted by Gasteiger charge is -2.34. The molecule has 8 heteroatoms. The number of aromatic amines is 1. The second-order valence-electron chi connectivity index (χ2n) is 6.31. The first-order valence-electron chi connectivity index (χ1n) is 8.52. The highest BCUT2D eigenvalue weighted by molar-refractivity contribution is 5.95. The number of carbonyl (C=O) groups excluding carboxylic acids is 2. The number of H-pyrrole nitrogens is 1. The summed E-state index contributed by atoms with van der Waals surface area (Å²) in [7, 11) is 0. The molecular formula is C18H18N4O4. The lowest BCUT2D eigenvalue weighted by Crippen LogP contribution is -2.50. The van der Waals surface area contributed by atoms with Gasteiger partial charge in [-0.25, -0.2) is 5.10 Å². The zero-order chi connectivity index (χ0) is 18.1. The molecule has 4 rings (SSSR count). The first-order chi connectivity index (χ1) is 12.6. The minimum Gasteiger partial charge on any atom is -0.493 e. The summed E-state index contributed by atoms with van der Waals surface area (Å²) >= 11 is 0. The fourth-order valence-corrected chi connectivity index (χ4v) is 3.24. The zero-order valence-corrected chi connectivity index (χ0v) is 14.1. The quantitative estimate of drug-likeness (QED) is 0.837. The third kappa shape index (κ3) is 3.05. The molecule has 1 aromatic heterocycles. The Kier molecular flexibility index (Phi) is 4.16. The highest BCUT2D eigenvalue weighted by Crippen LogP contribution is 2.26. The maximum atomic E-state index is 12.7. The number of amides is 2. The summed E-state index contributed by atoms with van der Waals surface area (Å²) in [5.74, 6) is 0.572. The molecule has 0 bridgehead atoms. The maximum Gasteiger partial charge on any atom is 0.274 e. The molecule has 0 radical (unpaired) electrons. The van der Waals surface area contributed by atoms with Gasteiger partial charge in [0.25, 0.3) is 17.4 Å². The molecule has 1 N–H and O–H groups in total. The van der Waals surface area contributed by atoms with E-state index in [9.17, 15) is 14.4 Å². The Bertz CT molecular complexity index is 895. The fraction of sp³-hybridized carbons (Fsp3) is 0.333. The summed E-state index contributed by atoms with van der Waals surface area (Å²) in [4.78, 5) is 39.6. The molecule has 0 unspecified atom stereocenters. The van der Waals surface area contributed by atoms with Gasteiger partial charge in [0.15, 0.2) is 0 Å². The number of piperazine rings is 1. The zero-order valence-electron chi connectivity index (χ0n) is 14.1. The molecule has 1 saturated heterocycles. The fourth-order valence-electron chi connectivity index (χ4n) is 3.24. The molecule has 0 aliphatic carbocycles. The normalized spacial score (nSPS) is 16.2. The van der Waals surface area contributed by atoms with Crippen LogP contribution < -0.4 is 10.3 Å². The molecule has 134 valence electrons. The predicted octanol–water partition coefficient (Wildman–Crippen LogP) is 0.303. The van der Waals surface area contributed by atoms with E-state index in [4.69, 9.17) is 4.74 Å². The third-order valence-corrected chi connectivity index (χ3v) is 4.69. The van der Waals surface area contributed by atoms with Gasteiger partial charge in [-0.3, -0.25) is 14.4 Å². The third-order valence-electron chi connectivity index (χ3n) is 4.69. The highest BCUT2D eigenvalue weighted by Gasteiger charge is 2.27. The first-order valence-corrected chi connectivity index (χ1v) is 8.52. The second-order valence-corrected chi connectivity index (χ2v) is 6.31. The second kappa shape index (κ2) is 6.62. The molecule has 2 aromatic rings. The molecule has 3 heterocycles. The van der Waals surface area contributed by atoms with Gasteiger partial charge in [0, 0.05) is 44.2 Å². The van der Waals surface area contributed by atoms with Crippen LogP contribution in [0.1, 0.15) is 26.4 Å². The van der Waals surface area contributed by atoms with Crippen molar-refractivity contribution < 1.29 is 14.3 Å². The van der Waals surface area contributed by atoms with Crippen LogP contribution in [0.25, 0.3) is 0 Å². The standard InChI is InChI=1S/C18H18N4O4/c23-16-4-2-14(19-20-16)18(25)22-8-6-21(7-9-22)17(24)13-1-3-15-12(11-13)5-10-26-15/h1-4,11H,5-10H2,(H,20,23). The van der Waals surface area contributed by atoms with Crippen LogP contribution >= 0.6 is 0 Å². The summed E-state index contributed by atoms with van der Waals surface area (Å²) < 4.78 is 5.47. The van der Waals surface area contributed by atoms with Crippen LogP contribution in [-0.4, -0.2) is 64.6 Å². The van der Waals surface area contributed by atoms with Gasteiger partial charge in [0.2, 0.25) is 0 Å². The van der Waals surface area contributed by atoms with Crippen LogP contribution in [0, 0.1) is 0 Å². The Balaban J connectivity index is 1.40. The number of aromatic nitrogens is 2. The number of benzene rings is 1. The van der Waals surface area contributed by atoms with E-state index < -0.39 is 0 Å². The Hall–Kier alpha value is -3.16. The molecule has 2 aliphatic rings. The van der Waals surface area contributed by atoms with E-state index in [-0.39, 0.29) is 23.1 Å². The average Bonchev–Trinajstić information content (AvgIpc) is 3.15. The number of carbonyl (C=O) groups is 2. The molecule has 2 aliphatic heterocycles. The first kappa shape index (κ1) is 16.3. The van der Waals surface area contributed by atoms with Gasteiger partial charge in [-0.05, 0) is 29.8 Å². The van der Waals surface area contributed by atoms with Crippen molar-refractivity contribution in [3.63, 3.8) is 0 Å².